The summed E-state index contributed by atoms with van der Waals surface area (Å²) in [6.07, 6.45) is 5.64. The number of rotatable bonds is 7. The van der Waals surface area contributed by atoms with Gasteiger partial charge in [-0.15, -0.1) is 5.10 Å². The topological polar surface area (TPSA) is 61.7 Å². The van der Waals surface area contributed by atoms with E-state index in [-0.39, 0.29) is 6.10 Å². The van der Waals surface area contributed by atoms with Crippen molar-refractivity contribution in [1.82, 2.24) is 20.2 Å². The number of hydrogen-bond acceptors (Lipinski definition) is 4. The van der Waals surface area contributed by atoms with Crippen molar-refractivity contribution in [2.75, 3.05) is 39.3 Å². The van der Waals surface area contributed by atoms with Gasteiger partial charge >= 0.3 is 0 Å². The summed E-state index contributed by atoms with van der Waals surface area (Å²) in [5, 5.41) is 12.5. The molecule has 2 N–H and O–H groups in total. The summed E-state index contributed by atoms with van der Waals surface area (Å²) >= 11 is 0. The Labute approximate surface area is 138 Å². The summed E-state index contributed by atoms with van der Waals surface area (Å²) in [5.41, 5.74) is 0. The largest absolute Gasteiger partial charge is 0.376 e. The Morgan fingerprint density at radius 1 is 1.39 bits per heavy atom. The van der Waals surface area contributed by atoms with Gasteiger partial charge in [0.2, 0.25) is 5.82 Å². The minimum atomic E-state index is 0.277. The summed E-state index contributed by atoms with van der Waals surface area (Å²) in [7, 11) is 0. The lowest BCUT2D eigenvalue weighted by Gasteiger charge is -2.33. The number of tetrazole rings is 1. The van der Waals surface area contributed by atoms with Crippen LogP contribution < -0.4 is 9.80 Å². The predicted octanol–water partition coefficient (Wildman–Crippen LogP) is -1.73. The Bertz CT molecular complexity index is 491. The Kier molecular flexibility index (Phi) is 5.75. The third-order valence-corrected chi connectivity index (χ3v) is 5.21. The molecule has 7 nitrogen and oxygen atoms in total. The second-order valence-corrected chi connectivity index (χ2v) is 6.72. The lowest BCUT2D eigenvalue weighted by atomic mass is 10.1. The van der Waals surface area contributed by atoms with E-state index in [1.165, 1.54) is 26.2 Å². The van der Waals surface area contributed by atoms with E-state index in [1.54, 1.807) is 9.80 Å². The minimum Gasteiger partial charge on any atom is -0.376 e. The van der Waals surface area contributed by atoms with E-state index in [4.69, 9.17) is 4.74 Å². The van der Waals surface area contributed by atoms with Crippen LogP contribution in [0.3, 0.4) is 0 Å². The quantitative estimate of drug-likeness (QED) is 0.586. The molecule has 0 bridgehead atoms. The highest BCUT2D eigenvalue weighted by Crippen LogP contribution is 2.16. The molecule has 1 aromatic rings. The lowest BCUT2D eigenvalue weighted by molar-refractivity contribution is -1.03. The first-order valence-electron chi connectivity index (χ1n) is 8.98. The van der Waals surface area contributed by atoms with Gasteiger partial charge in [-0.05, 0) is 29.3 Å². The van der Waals surface area contributed by atoms with E-state index in [0.29, 0.717) is 6.04 Å². The maximum atomic E-state index is 5.75. The highest BCUT2D eigenvalue weighted by Gasteiger charge is 2.33. The number of quaternary nitrogens is 2. The van der Waals surface area contributed by atoms with E-state index in [0.717, 1.165) is 44.8 Å². The average Bonchev–Trinajstić information content (AvgIpc) is 3.23. The summed E-state index contributed by atoms with van der Waals surface area (Å²) < 4.78 is 7.73. The standard InChI is InChI=1S/C16H28N6O/c1-3-7-20-8-10-21(11-9-20)15(4-2)16-17-18-19-22(16)13-14-6-5-12-23-14/h3,14-15H,1,4-13H2,2H3/p+2/t14-,15-/m0/s1. The fourth-order valence-corrected chi connectivity index (χ4v) is 3.91. The first kappa shape index (κ1) is 16.5. The maximum absolute atomic E-state index is 5.75. The highest BCUT2D eigenvalue weighted by atomic mass is 16.5. The first-order valence-corrected chi connectivity index (χ1v) is 8.98. The normalized spacial score (nSPS) is 29.5. The SMILES string of the molecule is C=CC[NH+]1CC[NH+]([C@@H](CC)c2nnnn2C[C@@H]2CCCO2)CC1. The van der Waals surface area contributed by atoms with Gasteiger partial charge < -0.3 is 14.5 Å². The second kappa shape index (κ2) is 7.99. The third kappa shape index (κ3) is 3.97. The van der Waals surface area contributed by atoms with E-state index in [9.17, 15) is 0 Å². The van der Waals surface area contributed by atoms with Crippen LogP contribution in [0.25, 0.3) is 0 Å². The van der Waals surface area contributed by atoms with Crippen molar-refractivity contribution in [3.63, 3.8) is 0 Å². The number of piperazine rings is 1. The van der Waals surface area contributed by atoms with Crippen LogP contribution in [0.15, 0.2) is 12.7 Å². The Morgan fingerprint density at radius 2 is 2.22 bits per heavy atom. The van der Waals surface area contributed by atoms with Gasteiger partial charge in [0.15, 0.2) is 0 Å². The molecule has 1 aromatic heterocycles. The molecule has 7 heteroatoms. The van der Waals surface area contributed by atoms with Gasteiger partial charge in [-0.2, -0.15) is 0 Å². The van der Waals surface area contributed by atoms with Crippen molar-refractivity contribution in [1.29, 1.82) is 0 Å². The van der Waals surface area contributed by atoms with Crippen LogP contribution in [0.4, 0.5) is 0 Å². The third-order valence-electron chi connectivity index (χ3n) is 5.21. The van der Waals surface area contributed by atoms with Crippen molar-refractivity contribution in [2.45, 2.75) is 44.9 Å². The average molecular weight is 322 g/mol. The van der Waals surface area contributed by atoms with Crippen molar-refractivity contribution in [2.24, 2.45) is 0 Å². The van der Waals surface area contributed by atoms with E-state index < -0.39 is 0 Å². The van der Waals surface area contributed by atoms with Gasteiger partial charge in [0, 0.05) is 13.0 Å². The predicted molar refractivity (Wildman–Crippen MR) is 86.3 cm³/mol. The molecular weight excluding hydrogens is 292 g/mol. The Morgan fingerprint density at radius 3 is 2.87 bits per heavy atom. The zero-order valence-electron chi connectivity index (χ0n) is 14.2. The number of ether oxygens (including phenoxy) is 1. The molecule has 0 radical (unpaired) electrons. The summed E-state index contributed by atoms with van der Waals surface area (Å²) in [6, 6.07) is 0.386. The molecule has 0 saturated carbocycles. The van der Waals surface area contributed by atoms with Crippen molar-refractivity contribution >= 4 is 0 Å². The van der Waals surface area contributed by atoms with Crippen LogP contribution in [0.5, 0.6) is 0 Å². The van der Waals surface area contributed by atoms with E-state index >= 15 is 0 Å². The van der Waals surface area contributed by atoms with Gasteiger partial charge in [-0.3, -0.25) is 0 Å². The highest BCUT2D eigenvalue weighted by molar-refractivity contribution is 4.88. The molecule has 23 heavy (non-hydrogen) atoms. The van der Waals surface area contributed by atoms with Crippen LogP contribution in [0.1, 0.15) is 38.1 Å². The van der Waals surface area contributed by atoms with Crippen molar-refractivity contribution in [3.05, 3.63) is 18.5 Å². The van der Waals surface area contributed by atoms with Crippen molar-refractivity contribution in [3.8, 4) is 0 Å². The van der Waals surface area contributed by atoms with E-state index in [2.05, 4.69) is 29.0 Å². The van der Waals surface area contributed by atoms with Crippen LogP contribution in [-0.4, -0.2) is 65.6 Å². The van der Waals surface area contributed by atoms with Gasteiger partial charge in [0.25, 0.3) is 0 Å². The van der Waals surface area contributed by atoms with Crippen LogP contribution in [-0.2, 0) is 11.3 Å². The number of nitrogens with zero attached hydrogens (tertiary/aromatic N) is 4. The number of hydrogen-bond donors (Lipinski definition) is 2. The van der Waals surface area contributed by atoms with Crippen molar-refractivity contribution < 1.29 is 14.5 Å². The van der Waals surface area contributed by atoms with Gasteiger partial charge in [0.05, 0.1) is 19.2 Å². The van der Waals surface area contributed by atoms with Gasteiger partial charge in [-0.1, -0.05) is 13.5 Å². The van der Waals surface area contributed by atoms with Crippen LogP contribution in [0.2, 0.25) is 0 Å². The zero-order valence-corrected chi connectivity index (χ0v) is 14.2. The number of aromatic nitrogens is 4. The molecule has 0 amide bonds. The molecule has 2 atom stereocenters. The fourth-order valence-electron chi connectivity index (χ4n) is 3.91. The fraction of sp³-hybridized carbons (Fsp3) is 0.812. The molecule has 2 fully saturated rings. The molecule has 2 aliphatic heterocycles. The molecule has 2 saturated heterocycles. The molecule has 2 aliphatic rings. The Balaban J connectivity index is 1.64. The van der Waals surface area contributed by atoms with Gasteiger partial charge in [-0.25, -0.2) is 4.68 Å². The molecule has 128 valence electrons. The van der Waals surface area contributed by atoms with Crippen LogP contribution in [0, 0.1) is 0 Å². The molecule has 0 spiro atoms. The lowest BCUT2D eigenvalue weighted by Crippen LogP contribution is -3.28. The summed E-state index contributed by atoms with van der Waals surface area (Å²) in [4.78, 5) is 3.25. The summed E-state index contributed by atoms with van der Waals surface area (Å²) in [5.74, 6) is 1.03. The molecule has 0 aliphatic carbocycles. The minimum absolute atomic E-state index is 0.277. The second-order valence-electron chi connectivity index (χ2n) is 6.72. The molecule has 3 rings (SSSR count). The number of nitrogens with one attached hydrogen (secondary N) is 2. The molecule has 0 aromatic carbocycles. The maximum Gasteiger partial charge on any atom is 0.209 e. The molecule has 0 unspecified atom stereocenters. The first-order chi connectivity index (χ1) is 11.3. The monoisotopic (exact) mass is 322 g/mol. The van der Waals surface area contributed by atoms with E-state index in [1.807, 2.05) is 10.8 Å². The molecule has 3 heterocycles. The Hall–Kier alpha value is -1.31. The van der Waals surface area contributed by atoms with Gasteiger partial charge in [0.1, 0.15) is 32.2 Å². The smallest absolute Gasteiger partial charge is 0.209 e. The molecular formula is C16H30N6O+2. The van der Waals surface area contributed by atoms with Crippen LogP contribution >= 0.6 is 0 Å². The zero-order chi connectivity index (χ0) is 16.1. The summed E-state index contributed by atoms with van der Waals surface area (Å²) in [6.45, 7) is 13.6.